The van der Waals surface area contributed by atoms with Crippen molar-refractivity contribution in [3.8, 4) is 11.5 Å². The van der Waals surface area contributed by atoms with Crippen LogP contribution in [0.15, 0.2) is 53.4 Å². The Labute approximate surface area is 201 Å². The van der Waals surface area contributed by atoms with E-state index in [0.29, 0.717) is 63.6 Å². The SMILES string of the molecule is CC1CN(C(=O)CCCCCNS(=O)(=O)c2ccc3c(c2)OCCO3)CC(c2ccccc2)O1. The Kier molecular flexibility index (Phi) is 8.07. The second kappa shape index (κ2) is 11.2. The van der Waals surface area contributed by atoms with Crippen molar-refractivity contribution in [1.29, 1.82) is 0 Å². The standard InChI is InChI=1S/C25H32N2O6S/c1-19-17-27(18-24(33-19)20-8-4-2-5-9-20)25(28)10-6-3-7-13-26-34(29,30)21-11-12-22-23(16-21)32-15-14-31-22/h2,4-5,8-9,11-12,16,19,24,26H,3,6-7,10,13-15,17-18H2,1H3. The number of benzene rings is 2. The number of rotatable bonds is 9. The van der Waals surface area contributed by atoms with Crippen LogP contribution in [0.2, 0.25) is 0 Å². The number of fused-ring (bicyclic) bond motifs is 1. The van der Waals surface area contributed by atoms with E-state index >= 15 is 0 Å². The van der Waals surface area contributed by atoms with Crippen molar-refractivity contribution in [3.63, 3.8) is 0 Å². The van der Waals surface area contributed by atoms with Crippen LogP contribution in [-0.4, -0.2) is 58.2 Å². The molecule has 1 fully saturated rings. The number of nitrogens with zero attached hydrogens (tertiary/aromatic N) is 1. The van der Waals surface area contributed by atoms with Gasteiger partial charge in [-0.3, -0.25) is 4.79 Å². The summed E-state index contributed by atoms with van der Waals surface area (Å²) in [4.78, 5) is 14.8. The molecule has 34 heavy (non-hydrogen) atoms. The van der Waals surface area contributed by atoms with E-state index in [-0.39, 0.29) is 23.0 Å². The third kappa shape index (κ3) is 6.28. The van der Waals surface area contributed by atoms with Gasteiger partial charge in [-0.1, -0.05) is 36.8 Å². The first kappa shape index (κ1) is 24.5. The van der Waals surface area contributed by atoms with Crippen LogP contribution in [0.1, 0.15) is 44.3 Å². The smallest absolute Gasteiger partial charge is 0.240 e. The average Bonchev–Trinajstić information content (AvgIpc) is 2.85. The number of nitrogens with one attached hydrogen (secondary N) is 1. The number of carbonyl (C=O) groups excluding carboxylic acids is 1. The molecule has 2 unspecified atom stereocenters. The fraction of sp³-hybridized carbons (Fsp3) is 0.480. The third-order valence-corrected chi connectivity index (χ3v) is 7.43. The van der Waals surface area contributed by atoms with Gasteiger partial charge in [0, 0.05) is 25.6 Å². The van der Waals surface area contributed by atoms with E-state index in [9.17, 15) is 13.2 Å². The van der Waals surface area contributed by atoms with Crippen LogP contribution in [0.4, 0.5) is 0 Å². The molecule has 2 aliphatic heterocycles. The fourth-order valence-electron chi connectivity index (χ4n) is 4.22. The molecule has 9 heteroatoms. The first-order valence-corrected chi connectivity index (χ1v) is 13.3. The molecule has 2 aromatic rings. The molecule has 0 aromatic heterocycles. The molecule has 1 N–H and O–H groups in total. The first-order chi connectivity index (χ1) is 16.4. The molecule has 184 valence electrons. The summed E-state index contributed by atoms with van der Waals surface area (Å²) >= 11 is 0. The van der Waals surface area contributed by atoms with E-state index < -0.39 is 10.0 Å². The summed E-state index contributed by atoms with van der Waals surface area (Å²) in [5.41, 5.74) is 1.08. The molecule has 2 aromatic carbocycles. The molecule has 2 atom stereocenters. The van der Waals surface area contributed by atoms with Crippen LogP contribution in [0.25, 0.3) is 0 Å². The Morgan fingerprint density at radius 2 is 1.76 bits per heavy atom. The van der Waals surface area contributed by atoms with Gasteiger partial charge in [0.2, 0.25) is 15.9 Å². The minimum Gasteiger partial charge on any atom is -0.486 e. The van der Waals surface area contributed by atoms with Crippen LogP contribution in [0.5, 0.6) is 11.5 Å². The lowest BCUT2D eigenvalue weighted by Crippen LogP contribution is -2.45. The van der Waals surface area contributed by atoms with Gasteiger partial charge >= 0.3 is 0 Å². The lowest BCUT2D eigenvalue weighted by molar-refractivity contribution is -0.145. The highest BCUT2D eigenvalue weighted by Gasteiger charge is 2.29. The van der Waals surface area contributed by atoms with Crippen LogP contribution in [-0.2, 0) is 19.6 Å². The molecule has 0 aliphatic carbocycles. The van der Waals surface area contributed by atoms with E-state index in [2.05, 4.69) is 4.72 Å². The summed E-state index contributed by atoms with van der Waals surface area (Å²) in [6.45, 7) is 4.32. The first-order valence-electron chi connectivity index (χ1n) is 11.8. The van der Waals surface area contributed by atoms with E-state index in [1.54, 1.807) is 6.07 Å². The maximum Gasteiger partial charge on any atom is 0.240 e. The summed E-state index contributed by atoms with van der Waals surface area (Å²) < 4.78 is 44.7. The highest BCUT2D eigenvalue weighted by molar-refractivity contribution is 7.89. The lowest BCUT2D eigenvalue weighted by Gasteiger charge is -2.37. The molecule has 2 aliphatic rings. The fourth-order valence-corrected chi connectivity index (χ4v) is 5.31. The number of hydrogen-bond acceptors (Lipinski definition) is 6. The van der Waals surface area contributed by atoms with Gasteiger partial charge in [0.15, 0.2) is 11.5 Å². The van der Waals surface area contributed by atoms with Gasteiger partial charge in [-0.25, -0.2) is 13.1 Å². The predicted octanol–water partition coefficient (Wildman–Crippen LogP) is 3.29. The lowest BCUT2D eigenvalue weighted by atomic mass is 10.1. The zero-order valence-corrected chi connectivity index (χ0v) is 20.3. The van der Waals surface area contributed by atoms with Crippen molar-refractivity contribution in [1.82, 2.24) is 9.62 Å². The number of amides is 1. The zero-order chi connectivity index (χ0) is 24.0. The van der Waals surface area contributed by atoms with Gasteiger partial charge in [0.25, 0.3) is 0 Å². The summed E-state index contributed by atoms with van der Waals surface area (Å²) in [6, 6.07) is 14.6. The number of unbranched alkanes of at least 4 members (excludes halogenated alkanes) is 2. The van der Waals surface area contributed by atoms with Gasteiger partial charge in [-0.15, -0.1) is 0 Å². The number of ether oxygens (including phenoxy) is 3. The number of carbonyl (C=O) groups is 1. The van der Waals surface area contributed by atoms with Crippen molar-refractivity contribution in [2.45, 2.75) is 49.7 Å². The summed E-state index contributed by atoms with van der Waals surface area (Å²) in [6.07, 6.45) is 2.46. The molecule has 1 amide bonds. The molecular formula is C25H32N2O6S. The monoisotopic (exact) mass is 488 g/mol. The molecule has 8 nitrogen and oxygen atoms in total. The molecule has 0 radical (unpaired) electrons. The number of sulfonamides is 1. The van der Waals surface area contributed by atoms with Gasteiger partial charge in [-0.05, 0) is 37.5 Å². The minimum absolute atomic E-state index is 0.0159. The molecule has 2 heterocycles. The van der Waals surface area contributed by atoms with Gasteiger partial charge in [-0.2, -0.15) is 0 Å². The van der Waals surface area contributed by atoms with Crippen molar-refractivity contribution in [3.05, 3.63) is 54.1 Å². The molecule has 0 bridgehead atoms. The summed E-state index contributed by atoms with van der Waals surface area (Å²) in [7, 11) is -3.63. The largest absolute Gasteiger partial charge is 0.486 e. The van der Waals surface area contributed by atoms with Crippen LogP contribution in [0.3, 0.4) is 0 Å². The second-order valence-corrected chi connectivity index (χ2v) is 10.4. The number of morpholine rings is 1. The van der Waals surface area contributed by atoms with E-state index in [0.717, 1.165) is 12.0 Å². The molecular weight excluding hydrogens is 456 g/mol. The molecule has 1 saturated heterocycles. The van der Waals surface area contributed by atoms with Crippen LogP contribution < -0.4 is 14.2 Å². The topological polar surface area (TPSA) is 94.2 Å². The predicted molar refractivity (Wildman–Crippen MR) is 127 cm³/mol. The summed E-state index contributed by atoms with van der Waals surface area (Å²) in [5, 5.41) is 0. The Balaban J connectivity index is 1.18. The van der Waals surface area contributed by atoms with Gasteiger partial charge in [0.1, 0.15) is 19.3 Å². The summed E-state index contributed by atoms with van der Waals surface area (Å²) in [5.74, 6) is 1.12. The average molecular weight is 489 g/mol. The maximum atomic E-state index is 12.8. The van der Waals surface area contributed by atoms with Crippen LogP contribution in [0, 0.1) is 0 Å². The van der Waals surface area contributed by atoms with E-state index in [1.807, 2.05) is 42.2 Å². The second-order valence-electron chi connectivity index (χ2n) is 8.66. The molecule has 0 spiro atoms. The van der Waals surface area contributed by atoms with Crippen molar-refractivity contribution >= 4 is 15.9 Å². The highest BCUT2D eigenvalue weighted by Crippen LogP contribution is 2.32. The Hall–Kier alpha value is -2.62. The molecule has 4 rings (SSSR count). The van der Waals surface area contributed by atoms with Gasteiger partial charge < -0.3 is 19.1 Å². The van der Waals surface area contributed by atoms with Gasteiger partial charge in [0.05, 0.1) is 17.5 Å². The van der Waals surface area contributed by atoms with E-state index in [4.69, 9.17) is 14.2 Å². The van der Waals surface area contributed by atoms with Crippen LogP contribution >= 0.6 is 0 Å². The molecule has 0 saturated carbocycles. The number of hydrogen-bond donors (Lipinski definition) is 1. The normalized spacial score (nSPS) is 20.2. The zero-order valence-electron chi connectivity index (χ0n) is 19.4. The quantitative estimate of drug-likeness (QED) is 0.545. The maximum absolute atomic E-state index is 12.8. The van der Waals surface area contributed by atoms with Crippen molar-refractivity contribution in [2.75, 3.05) is 32.8 Å². The highest BCUT2D eigenvalue weighted by atomic mass is 32.2. The Morgan fingerprint density at radius 1 is 1.00 bits per heavy atom. The van der Waals surface area contributed by atoms with E-state index in [1.165, 1.54) is 12.1 Å². The third-order valence-electron chi connectivity index (χ3n) is 5.97. The Bertz CT molecular complexity index is 1080. The van der Waals surface area contributed by atoms with Crippen molar-refractivity contribution < 1.29 is 27.4 Å². The minimum atomic E-state index is -3.63. The Morgan fingerprint density at radius 3 is 2.56 bits per heavy atom. The van der Waals surface area contributed by atoms with Crippen molar-refractivity contribution in [2.24, 2.45) is 0 Å².